The Bertz CT molecular complexity index is 1400. The number of carboxylic acid groups (broad SMARTS) is 1. The molecule has 0 aliphatic carbocycles. The van der Waals surface area contributed by atoms with Crippen LogP contribution < -0.4 is 16.4 Å². The van der Waals surface area contributed by atoms with Crippen LogP contribution in [0.5, 0.6) is 0 Å². The largest absolute Gasteiger partial charge is 0.481 e. The lowest BCUT2D eigenvalue weighted by atomic mass is 9.99. The third-order valence-electron chi connectivity index (χ3n) is 5.31. The zero-order chi connectivity index (χ0) is 24.9. The molecular weight excluding hydrogens is 449 g/mol. The SMILES string of the molecule is Cc1cc(Nc2cc(C(=O)Nc3ccccc3CC(=O)O)cc(-c3cc(F)cc(CN)c3)c2)n[nH]1. The molecule has 0 aliphatic heterocycles. The molecule has 35 heavy (non-hydrogen) atoms. The molecule has 0 bridgehead atoms. The number of nitrogens with two attached hydrogens (primary N) is 1. The number of aryl methyl sites for hydroxylation is 1. The van der Waals surface area contributed by atoms with E-state index >= 15 is 0 Å². The molecule has 0 saturated carbocycles. The molecule has 0 aliphatic rings. The van der Waals surface area contributed by atoms with E-state index in [0.29, 0.717) is 45.0 Å². The van der Waals surface area contributed by atoms with Gasteiger partial charge in [0, 0.05) is 35.2 Å². The zero-order valence-electron chi connectivity index (χ0n) is 18.9. The number of halogens is 1. The molecule has 0 unspecified atom stereocenters. The van der Waals surface area contributed by atoms with Crippen molar-refractivity contribution in [1.82, 2.24) is 10.2 Å². The van der Waals surface area contributed by atoms with Gasteiger partial charge in [0.1, 0.15) is 5.82 Å². The van der Waals surface area contributed by atoms with Crippen LogP contribution >= 0.6 is 0 Å². The van der Waals surface area contributed by atoms with Gasteiger partial charge in [0.05, 0.1) is 6.42 Å². The Morgan fingerprint density at radius 2 is 1.83 bits per heavy atom. The van der Waals surface area contributed by atoms with Gasteiger partial charge in [-0.25, -0.2) is 4.39 Å². The van der Waals surface area contributed by atoms with Gasteiger partial charge in [-0.05, 0) is 71.6 Å². The van der Waals surface area contributed by atoms with Crippen molar-refractivity contribution >= 4 is 29.1 Å². The van der Waals surface area contributed by atoms with Gasteiger partial charge in [0.25, 0.3) is 5.91 Å². The molecule has 1 heterocycles. The van der Waals surface area contributed by atoms with E-state index in [0.717, 1.165) is 5.69 Å². The first-order chi connectivity index (χ1) is 16.8. The van der Waals surface area contributed by atoms with Crippen LogP contribution in [-0.4, -0.2) is 27.2 Å². The van der Waals surface area contributed by atoms with Gasteiger partial charge >= 0.3 is 5.97 Å². The van der Waals surface area contributed by atoms with Gasteiger partial charge in [-0.1, -0.05) is 18.2 Å². The quantitative estimate of drug-likeness (QED) is 0.254. The number of aromatic nitrogens is 2. The summed E-state index contributed by atoms with van der Waals surface area (Å²) in [5.41, 5.74) is 10.1. The lowest BCUT2D eigenvalue weighted by molar-refractivity contribution is -0.136. The Morgan fingerprint density at radius 3 is 2.54 bits per heavy atom. The third-order valence-corrected chi connectivity index (χ3v) is 5.31. The van der Waals surface area contributed by atoms with Crippen LogP contribution in [0.15, 0.2) is 66.7 Å². The van der Waals surface area contributed by atoms with Gasteiger partial charge < -0.3 is 21.5 Å². The fraction of sp³-hybridized carbons (Fsp3) is 0.115. The van der Waals surface area contributed by atoms with Crippen molar-refractivity contribution in [3.05, 3.63) is 94.9 Å². The molecule has 0 fully saturated rings. The maximum Gasteiger partial charge on any atom is 0.307 e. The average molecular weight is 474 g/mol. The summed E-state index contributed by atoms with van der Waals surface area (Å²) in [4.78, 5) is 24.4. The van der Waals surface area contributed by atoms with E-state index < -0.39 is 17.7 Å². The molecule has 0 atom stereocenters. The van der Waals surface area contributed by atoms with Gasteiger partial charge in [-0.2, -0.15) is 5.10 Å². The highest BCUT2D eigenvalue weighted by Gasteiger charge is 2.15. The molecule has 1 amide bonds. The number of anilines is 3. The van der Waals surface area contributed by atoms with Crippen molar-refractivity contribution < 1.29 is 19.1 Å². The topological polar surface area (TPSA) is 133 Å². The second-order valence-corrected chi connectivity index (χ2v) is 8.09. The van der Waals surface area contributed by atoms with Gasteiger partial charge in [0.2, 0.25) is 0 Å². The number of carbonyl (C=O) groups is 2. The van der Waals surface area contributed by atoms with Crippen molar-refractivity contribution in [2.75, 3.05) is 10.6 Å². The Morgan fingerprint density at radius 1 is 1.06 bits per heavy atom. The van der Waals surface area contributed by atoms with Crippen LogP contribution in [0.4, 0.5) is 21.6 Å². The molecule has 9 heteroatoms. The fourth-order valence-corrected chi connectivity index (χ4v) is 3.72. The summed E-state index contributed by atoms with van der Waals surface area (Å²) in [5, 5.41) is 22.1. The Labute approximate surface area is 201 Å². The number of carbonyl (C=O) groups excluding carboxylic acids is 1. The number of rotatable bonds is 8. The molecule has 0 spiro atoms. The third kappa shape index (κ3) is 5.90. The summed E-state index contributed by atoms with van der Waals surface area (Å²) in [5.74, 6) is -1.32. The molecule has 0 saturated heterocycles. The first-order valence-corrected chi connectivity index (χ1v) is 10.9. The molecule has 3 aromatic carbocycles. The standard InChI is InChI=1S/C26H24FN5O3/c1-15-6-24(32-31-15)29-22-11-19(18-7-16(14-28)8-21(27)10-18)9-20(12-22)26(35)30-23-5-3-2-4-17(23)13-25(33)34/h2-12H,13-14,28H2,1H3,(H,30,35)(H,33,34)(H2,29,31,32). The average Bonchev–Trinajstić information content (AvgIpc) is 3.23. The number of carboxylic acids is 1. The van der Waals surface area contributed by atoms with Crippen molar-refractivity contribution in [2.45, 2.75) is 19.9 Å². The maximum absolute atomic E-state index is 14.2. The Balaban J connectivity index is 1.74. The van der Waals surface area contributed by atoms with Crippen molar-refractivity contribution in [1.29, 1.82) is 0 Å². The number of aromatic amines is 1. The van der Waals surface area contributed by atoms with E-state index in [-0.39, 0.29) is 13.0 Å². The van der Waals surface area contributed by atoms with Crippen molar-refractivity contribution in [3.8, 4) is 11.1 Å². The van der Waals surface area contributed by atoms with E-state index in [9.17, 15) is 19.1 Å². The minimum Gasteiger partial charge on any atom is -0.481 e. The number of H-pyrrole nitrogens is 1. The first-order valence-electron chi connectivity index (χ1n) is 10.9. The molecule has 6 N–H and O–H groups in total. The summed E-state index contributed by atoms with van der Waals surface area (Å²) in [7, 11) is 0. The molecule has 4 rings (SSSR count). The Hall–Kier alpha value is -4.50. The highest BCUT2D eigenvalue weighted by atomic mass is 19.1. The van der Waals surface area contributed by atoms with Crippen LogP contribution in [0.3, 0.4) is 0 Å². The molecule has 4 aromatic rings. The van der Waals surface area contributed by atoms with Gasteiger partial charge in [0.15, 0.2) is 5.82 Å². The molecule has 8 nitrogen and oxygen atoms in total. The molecular formula is C26H24FN5O3. The predicted molar refractivity (Wildman–Crippen MR) is 132 cm³/mol. The van der Waals surface area contributed by atoms with Crippen molar-refractivity contribution in [3.63, 3.8) is 0 Å². The smallest absolute Gasteiger partial charge is 0.307 e. The second-order valence-electron chi connectivity index (χ2n) is 8.09. The highest BCUT2D eigenvalue weighted by Crippen LogP contribution is 2.29. The summed E-state index contributed by atoms with van der Waals surface area (Å²) in [6.45, 7) is 2.03. The first kappa shape index (κ1) is 23.7. The van der Waals surface area contributed by atoms with E-state index in [4.69, 9.17) is 5.73 Å². The Kier molecular flexibility index (Phi) is 6.88. The zero-order valence-corrected chi connectivity index (χ0v) is 18.9. The van der Waals surface area contributed by atoms with Crippen LogP contribution in [0.25, 0.3) is 11.1 Å². The summed E-state index contributed by atoms with van der Waals surface area (Å²) < 4.78 is 14.2. The van der Waals surface area contributed by atoms with Gasteiger partial charge in [-0.15, -0.1) is 0 Å². The fourth-order valence-electron chi connectivity index (χ4n) is 3.72. The van der Waals surface area contributed by atoms with Crippen LogP contribution in [0.2, 0.25) is 0 Å². The number of hydrogen-bond donors (Lipinski definition) is 5. The minimum atomic E-state index is -1.00. The van der Waals surface area contributed by atoms with E-state index in [2.05, 4.69) is 20.8 Å². The molecule has 0 radical (unpaired) electrons. The highest BCUT2D eigenvalue weighted by molar-refractivity contribution is 6.06. The summed E-state index contributed by atoms with van der Waals surface area (Å²) in [6.07, 6.45) is -0.229. The van der Waals surface area contributed by atoms with E-state index in [1.54, 1.807) is 48.5 Å². The number of nitrogens with one attached hydrogen (secondary N) is 3. The lowest BCUT2D eigenvalue weighted by Crippen LogP contribution is -2.15. The number of hydrogen-bond acceptors (Lipinski definition) is 5. The number of benzene rings is 3. The number of aliphatic carboxylic acids is 1. The van der Waals surface area contributed by atoms with E-state index in [1.165, 1.54) is 12.1 Å². The summed E-state index contributed by atoms with van der Waals surface area (Å²) >= 11 is 0. The lowest BCUT2D eigenvalue weighted by Gasteiger charge is -2.14. The minimum absolute atomic E-state index is 0.170. The van der Waals surface area contributed by atoms with Crippen molar-refractivity contribution in [2.24, 2.45) is 5.73 Å². The maximum atomic E-state index is 14.2. The van der Waals surface area contributed by atoms with Gasteiger partial charge in [-0.3, -0.25) is 14.7 Å². The predicted octanol–water partition coefficient (Wildman–Crippen LogP) is 4.61. The molecule has 178 valence electrons. The number of amides is 1. The van der Waals surface area contributed by atoms with Crippen LogP contribution in [0.1, 0.15) is 27.2 Å². The second kappa shape index (κ2) is 10.2. The van der Waals surface area contributed by atoms with Crippen LogP contribution in [-0.2, 0) is 17.8 Å². The number of nitrogens with zero attached hydrogens (tertiary/aromatic N) is 1. The number of para-hydroxylation sites is 1. The monoisotopic (exact) mass is 473 g/mol. The normalized spacial score (nSPS) is 10.7. The molecule has 1 aromatic heterocycles. The van der Waals surface area contributed by atoms with E-state index in [1.807, 2.05) is 13.0 Å². The summed E-state index contributed by atoms with van der Waals surface area (Å²) in [6, 6.07) is 18.1. The van der Waals surface area contributed by atoms with Crippen LogP contribution in [0, 0.1) is 12.7 Å².